The molecule has 3 aromatic carbocycles. The number of thiazole rings is 1. The van der Waals surface area contributed by atoms with E-state index in [-0.39, 0.29) is 29.3 Å². The van der Waals surface area contributed by atoms with Crippen molar-refractivity contribution in [3.63, 3.8) is 0 Å². The predicted octanol–water partition coefficient (Wildman–Crippen LogP) is 5.02. The zero-order chi connectivity index (χ0) is 26.6. The van der Waals surface area contributed by atoms with Crippen molar-refractivity contribution in [1.82, 2.24) is 4.57 Å². The molecular formula is C26H24ClN3O5S2. The molecule has 11 heteroatoms. The second-order valence-corrected chi connectivity index (χ2v) is 11.1. The average molecular weight is 558 g/mol. The number of halogens is 1. The van der Waals surface area contributed by atoms with Crippen molar-refractivity contribution in [2.24, 2.45) is 4.99 Å². The molecule has 0 saturated carbocycles. The first kappa shape index (κ1) is 26.6. The minimum Gasteiger partial charge on any atom is -0.465 e. The van der Waals surface area contributed by atoms with Gasteiger partial charge in [-0.3, -0.25) is 14.3 Å². The van der Waals surface area contributed by atoms with Gasteiger partial charge in [-0.15, -0.1) is 0 Å². The van der Waals surface area contributed by atoms with Gasteiger partial charge < -0.3 is 9.30 Å². The third-order valence-electron chi connectivity index (χ3n) is 5.43. The number of rotatable bonds is 8. The Bertz CT molecular complexity index is 1640. The molecule has 0 saturated heterocycles. The Morgan fingerprint density at radius 3 is 2.51 bits per heavy atom. The number of nitrogens with zero attached hydrogens (tertiary/aromatic N) is 2. The van der Waals surface area contributed by atoms with Crippen molar-refractivity contribution in [2.75, 3.05) is 11.3 Å². The molecule has 0 fully saturated rings. The number of fused-ring (bicyclic) bond motifs is 1. The topological polar surface area (TPSA) is 107 Å². The molecule has 192 valence electrons. The summed E-state index contributed by atoms with van der Waals surface area (Å²) in [7, 11) is -3.89. The zero-order valence-corrected chi connectivity index (χ0v) is 22.5. The Kier molecular flexibility index (Phi) is 8.11. The summed E-state index contributed by atoms with van der Waals surface area (Å²) in [5, 5.41) is 0.417. The summed E-state index contributed by atoms with van der Waals surface area (Å²) in [6.45, 7) is 3.92. The van der Waals surface area contributed by atoms with E-state index in [0.717, 1.165) is 22.2 Å². The quantitative estimate of drug-likeness (QED) is 0.306. The number of carbonyl (C=O) groups excluding carboxylic acids is 2. The van der Waals surface area contributed by atoms with Gasteiger partial charge in [-0.1, -0.05) is 42.0 Å². The summed E-state index contributed by atoms with van der Waals surface area (Å²) in [6, 6.07) is 17.7. The van der Waals surface area contributed by atoms with Gasteiger partial charge >= 0.3 is 5.97 Å². The lowest BCUT2D eigenvalue weighted by atomic mass is 10.2. The minimum absolute atomic E-state index is 0.0371. The predicted molar refractivity (Wildman–Crippen MR) is 144 cm³/mol. The number of aromatic nitrogens is 1. The lowest BCUT2D eigenvalue weighted by Crippen LogP contribution is -2.23. The summed E-state index contributed by atoms with van der Waals surface area (Å²) in [4.78, 5) is 30.0. The first-order valence-corrected chi connectivity index (χ1v) is 14.1. The normalized spacial score (nSPS) is 12.0. The van der Waals surface area contributed by atoms with Crippen LogP contribution >= 0.6 is 22.9 Å². The van der Waals surface area contributed by atoms with Crippen molar-refractivity contribution in [2.45, 2.75) is 31.7 Å². The fourth-order valence-corrected chi connectivity index (χ4v) is 5.87. The number of hydrogen-bond donors (Lipinski definition) is 1. The largest absolute Gasteiger partial charge is 0.465 e. The molecule has 0 unspecified atom stereocenters. The molecule has 1 aromatic heterocycles. The van der Waals surface area contributed by atoms with E-state index in [1.54, 1.807) is 23.6 Å². The van der Waals surface area contributed by atoms with Crippen LogP contribution in [0.25, 0.3) is 10.2 Å². The third-order valence-corrected chi connectivity index (χ3v) is 8.12. The van der Waals surface area contributed by atoms with Crippen LogP contribution in [-0.4, -0.2) is 31.5 Å². The lowest BCUT2D eigenvalue weighted by molar-refractivity contribution is -0.143. The number of amides is 1. The van der Waals surface area contributed by atoms with Crippen LogP contribution in [0.15, 0.2) is 76.6 Å². The number of nitrogens with one attached hydrogen (secondary N) is 1. The van der Waals surface area contributed by atoms with Crippen molar-refractivity contribution in [3.8, 4) is 0 Å². The minimum atomic E-state index is -3.89. The maximum atomic E-state index is 13.1. The van der Waals surface area contributed by atoms with E-state index in [4.69, 9.17) is 16.3 Å². The molecule has 1 amide bonds. The number of anilines is 1. The number of carbonyl (C=O) groups is 2. The molecule has 0 aliphatic rings. The van der Waals surface area contributed by atoms with Crippen molar-refractivity contribution in [3.05, 3.63) is 87.7 Å². The summed E-state index contributed by atoms with van der Waals surface area (Å²) in [5.41, 5.74) is 2.28. The lowest BCUT2D eigenvalue weighted by Gasteiger charge is -2.09. The summed E-state index contributed by atoms with van der Waals surface area (Å²) < 4.78 is 35.6. The molecule has 0 aliphatic carbocycles. The molecule has 0 aliphatic heterocycles. The molecule has 1 N–H and O–H groups in total. The molecule has 4 rings (SSSR count). The smallest absolute Gasteiger partial charge is 0.326 e. The number of hydrogen-bond acceptors (Lipinski definition) is 6. The van der Waals surface area contributed by atoms with Crippen LogP contribution in [0.3, 0.4) is 0 Å². The Labute approximate surface area is 223 Å². The average Bonchev–Trinajstić information content (AvgIpc) is 3.20. The highest BCUT2D eigenvalue weighted by molar-refractivity contribution is 7.92. The Morgan fingerprint density at radius 2 is 1.81 bits per heavy atom. The first-order chi connectivity index (χ1) is 17.7. The fourth-order valence-electron chi connectivity index (χ4n) is 3.61. The molecule has 1 heterocycles. The highest BCUT2D eigenvalue weighted by Crippen LogP contribution is 2.21. The van der Waals surface area contributed by atoms with E-state index in [9.17, 15) is 18.0 Å². The summed E-state index contributed by atoms with van der Waals surface area (Å²) >= 11 is 7.14. The van der Waals surface area contributed by atoms with Gasteiger partial charge in [0.25, 0.3) is 15.9 Å². The van der Waals surface area contributed by atoms with Crippen molar-refractivity contribution in [1.29, 1.82) is 0 Å². The van der Waals surface area contributed by atoms with Gasteiger partial charge in [0.05, 0.1) is 21.7 Å². The van der Waals surface area contributed by atoms with Crippen molar-refractivity contribution >= 4 is 60.7 Å². The monoisotopic (exact) mass is 557 g/mol. The zero-order valence-electron chi connectivity index (χ0n) is 20.1. The fraction of sp³-hybridized carbons (Fsp3) is 0.192. The van der Waals surface area contributed by atoms with Gasteiger partial charge in [-0.25, -0.2) is 8.42 Å². The van der Waals surface area contributed by atoms with Gasteiger partial charge in [0, 0.05) is 16.3 Å². The number of ether oxygens (including phenoxy) is 1. The number of esters is 1. The molecule has 4 aromatic rings. The number of sulfonamides is 1. The van der Waals surface area contributed by atoms with E-state index in [1.807, 2.05) is 25.1 Å². The highest BCUT2D eigenvalue weighted by Gasteiger charge is 2.16. The van der Waals surface area contributed by atoms with Crippen LogP contribution in [0.2, 0.25) is 5.02 Å². The van der Waals surface area contributed by atoms with Gasteiger partial charge in [0.1, 0.15) is 6.54 Å². The van der Waals surface area contributed by atoms with Gasteiger partial charge in [-0.2, -0.15) is 4.99 Å². The van der Waals surface area contributed by atoms with Crippen LogP contribution in [-0.2, 0) is 32.5 Å². The van der Waals surface area contributed by atoms with Crippen molar-refractivity contribution < 1.29 is 22.7 Å². The Balaban J connectivity index is 1.68. The highest BCUT2D eigenvalue weighted by atomic mass is 35.5. The maximum Gasteiger partial charge on any atom is 0.326 e. The van der Waals surface area contributed by atoms with E-state index >= 15 is 0 Å². The standard InChI is InChI=1S/C26H24ClN3O5S2/c1-3-17-8-13-22-23(14-17)36-26(30(22)16-24(31)35-4-2)28-25(32)18-6-5-7-20(15-18)29-37(33,34)21-11-9-19(27)10-12-21/h5-15,29H,3-4,16H2,1-2H3. The first-order valence-electron chi connectivity index (χ1n) is 11.5. The van der Waals surface area contributed by atoms with Crippen LogP contribution in [0, 0.1) is 0 Å². The molecule has 0 spiro atoms. The molecule has 0 atom stereocenters. The van der Waals surface area contributed by atoms with Gasteiger partial charge in [0.15, 0.2) is 4.80 Å². The van der Waals surface area contributed by atoms with Gasteiger partial charge in [-0.05, 0) is 73.5 Å². The summed E-state index contributed by atoms with van der Waals surface area (Å²) in [6.07, 6.45) is 0.843. The third kappa shape index (κ3) is 6.27. The second-order valence-electron chi connectivity index (χ2n) is 7.99. The van der Waals surface area contributed by atoms with Gasteiger partial charge in [0.2, 0.25) is 0 Å². The molecular weight excluding hydrogens is 534 g/mol. The number of aryl methyl sites for hydroxylation is 1. The molecule has 37 heavy (non-hydrogen) atoms. The van der Waals surface area contributed by atoms with E-state index < -0.39 is 21.9 Å². The van der Waals surface area contributed by atoms with Crippen LogP contribution in [0.5, 0.6) is 0 Å². The van der Waals surface area contributed by atoms with Crippen LogP contribution < -0.4 is 9.52 Å². The molecule has 8 nitrogen and oxygen atoms in total. The molecule has 0 bridgehead atoms. The Morgan fingerprint density at radius 1 is 1.05 bits per heavy atom. The molecule has 0 radical (unpaired) electrons. The van der Waals surface area contributed by atoms with Crippen LogP contribution in [0.4, 0.5) is 5.69 Å². The van der Waals surface area contributed by atoms with E-state index in [0.29, 0.717) is 9.82 Å². The maximum absolute atomic E-state index is 13.1. The number of benzene rings is 3. The SMILES string of the molecule is CCOC(=O)Cn1c(=NC(=O)c2cccc(NS(=O)(=O)c3ccc(Cl)cc3)c2)sc2cc(CC)ccc21. The Hall–Kier alpha value is -3.47. The van der Waals surface area contributed by atoms with Crippen LogP contribution in [0.1, 0.15) is 29.8 Å². The van der Waals surface area contributed by atoms with E-state index in [1.165, 1.54) is 47.7 Å². The van der Waals surface area contributed by atoms with E-state index in [2.05, 4.69) is 9.71 Å². The second kappa shape index (κ2) is 11.3. The summed E-state index contributed by atoms with van der Waals surface area (Å²) in [5.74, 6) is -1.01.